The molecule has 0 unspecified atom stereocenters. The van der Waals surface area contributed by atoms with Crippen LogP contribution in [0.5, 0.6) is 0 Å². The third kappa shape index (κ3) is 2.48. The zero-order valence-corrected chi connectivity index (χ0v) is 8.03. The molecule has 1 aromatic heterocycles. The Bertz CT molecular complexity index is 329. The first-order chi connectivity index (χ1) is 6.27. The van der Waals surface area contributed by atoms with Gasteiger partial charge in [0.1, 0.15) is 0 Å². The van der Waals surface area contributed by atoms with Gasteiger partial charge in [-0.05, 0) is 24.6 Å². The third-order valence-electron chi connectivity index (χ3n) is 2.00. The van der Waals surface area contributed by atoms with Gasteiger partial charge in [-0.25, -0.2) is 0 Å². The Balaban J connectivity index is 2.78. The topological polar surface area (TPSA) is 4.93 Å². The van der Waals surface area contributed by atoms with E-state index in [0.29, 0.717) is 0 Å². The predicted octanol–water partition coefficient (Wildman–Crippen LogP) is 3.09. The van der Waals surface area contributed by atoms with Gasteiger partial charge in [0.25, 0.3) is 0 Å². The van der Waals surface area contributed by atoms with Crippen LogP contribution < -0.4 is 0 Å². The molecular formula is C12H15N. The highest BCUT2D eigenvalue weighted by Crippen LogP contribution is 2.06. The van der Waals surface area contributed by atoms with Crippen LogP contribution in [-0.2, 0) is 6.54 Å². The second kappa shape index (κ2) is 4.51. The molecule has 0 aliphatic heterocycles. The van der Waals surface area contributed by atoms with Gasteiger partial charge in [0, 0.05) is 18.4 Å². The monoisotopic (exact) mass is 173 g/mol. The van der Waals surface area contributed by atoms with Crippen LogP contribution in [0.15, 0.2) is 55.3 Å². The molecule has 1 aromatic rings. The molecular weight excluding hydrogens is 158 g/mol. The Labute approximate surface area is 79.7 Å². The molecule has 0 spiro atoms. The van der Waals surface area contributed by atoms with E-state index in [1.54, 1.807) is 6.08 Å². The van der Waals surface area contributed by atoms with Crippen molar-refractivity contribution < 1.29 is 0 Å². The summed E-state index contributed by atoms with van der Waals surface area (Å²) in [7, 11) is 0. The average Bonchev–Trinajstić information content (AvgIpc) is 2.51. The minimum Gasteiger partial charge on any atom is -0.347 e. The largest absolute Gasteiger partial charge is 0.347 e. The normalized spacial score (nSPS) is 11.3. The van der Waals surface area contributed by atoms with Crippen LogP contribution in [0.4, 0.5) is 0 Å². The van der Waals surface area contributed by atoms with Crippen molar-refractivity contribution in [3.8, 4) is 0 Å². The van der Waals surface area contributed by atoms with E-state index in [4.69, 9.17) is 0 Å². The fourth-order valence-electron chi connectivity index (χ4n) is 1.21. The van der Waals surface area contributed by atoms with Crippen LogP contribution in [0.3, 0.4) is 0 Å². The van der Waals surface area contributed by atoms with Gasteiger partial charge in [-0.2, -0.15) is 0 Å². The van der Waals surface area contributed by atoms with E-state index in [2.05, 4.69) is 36.9 Å². The van der Waals surface area contributed by atoms with Crippen LogP contribution in [0.2, 0.25) is 0 Å². The molecule has 0 N–H and O–H groups in total. The SMILES string of the molecule is C=C/C=C(\C=C)Cn1cccc1C. The van der Waals surface area contributed by atoms with Gasteiger partial charge >= 0.3 is 0 Å². The second-order valence-electron chi connectivity index (χ2n) is 2.96. The smallest absolute Gasteiger partial charge is 0.0472 e. The maximum Gasteiger partial charge on any atom is 0.0472 e. The molecule has 0 saturated carbocycles. The Hall–Kier alpha value is -1.50. The van der Waals surface area contributed by atoms with Crippen molar-refractivity contribution in [3.63, 3.8) is 0 Å². The van der Waals surface area contributed by atoms with E-state index < -0.39 is 0 Å². The summed E-state index contributed by atoms with van der Waals surface area (Å²) >= 11 is 0. The molecule has 1 heterocycles. The molecule has 0 atom stereocenters. The van der Waals surface area contributed by atoms with Gasteiger partial charge in [-0.1, -0.05) is 31.4 Å². The van der Waals surface area contributed by atoms with Crippen molar-refractivity contribution in [2.75, 3.05) is 0 Å². The molecule has 1 heteroatoms. The molecule has 0 saturated heterocycles. The highest BCUT2D eigenvalue weighted by Gasteiger charge is 1.95. The van der Waals surface area contributed by atoms with Crippen molar-refractivity contribution in [3.05, 3.63) is 61.0 Å². The van der Waals surface area contributed by atoms with Crippen molar-refractivity contribution in [2.24, 2.45) is 0 Å². The average molecular weight is 173 g/mol. The molecule has 13 heavy (non-hydrogen) atoms. The Morgan fingerprint density at radius 2 is 2.31 bits per heavy atom. The van der Waals surface area contributed by atoms with Crippen LogP contribution in [0, 0.1) is 6.92 Å². The third-order valence-corrected chi connectivity index (χ3v) is 2.00. The van der Waals surface area contributed by atoms with Crippen molar-refractivity contribution >= 4 is 0 Å². The first kappa shape index (κ1) is 9.59. The van der Waals surface area contributed by atoms with Gasteiger partial charge in [-0.15, -0.1) is 0 Å². The van der Waals surface area contributed by atoms with E-state index in [-0.39, 0.29) is 0 Å². The van der Waals surface area contributed by atoms with E-state index in [1.807, 2.05) is 18.2 Å². The standard InChI is InChI=1S/C12H15N/c1-4-7-12(5-2)10-13-9-6-8-11(13)3/h4-9H,1-2,10H2,3H3/b12-7+. The molecule has 0 radical (unpaired) electrons. The highest BCUT2D eigenvalue weighted by atomic mass is 15.0. The van der Waals surface area contributed by atoms with Crippen LogP contribution in [0.1, 0.15) is 5.69 Å². The van der Waals surface area contributed by atoms with E-state index in [1.165, 1.54) is 11.3 Å². The fraction of sp³-hybridized carbons (Fsp3) is 0.167. The number of hydrogen-bond donors (Lipinski definition) is 0. The second-order valence-corrected chi connectivity index (χ2v) is 2.96. The maximum atomic E-state index is 3.76. The quantitative estimate of drug-likeness (QED) is 0.616. The van der Waals surface area contributed by atoms with Crippen molar-refractivity contribution in [2.45, 2.75) is 13.5 Å². The number of aryl methyl sites for hydroxylation is 1. The lowest BCUT2D eigenvalue weighted by molar-refractivity contribution is 0.776. The fourth-order valence-corrected chi connectivity index (χ4v) is 1.21. The molecule has 0 fully saturated rings. The number of allylic oxidation sites excluding steroid dienone is 4. The van der Waals surface area contributed by atoms with E-state index in [0.717, 1.165) is 6.54 Å². The number of rotatable bonds is 4. The van der Waals surface area contributed by atoms with Gasteiger partial charge in [0.05, 0.1) is 0 Å². The molecule has 1 nitrogen and oxygen atoms in total. The molecule has 0 bridgehead atoms. The van der Waals surface area contributed by atoms with Gasteiger partial charge in [-0.3, -0.25) is 0 Å². The zero-order chi connectivity index (χ0) is 9.68. The molecule has 0 aliphatic carbocycles. The number of hydrogen-bond acceptors (Lipinski definition) is 0. The highest BCUT2D eigenvalue weighted by molar-refractivity contribution is 5.22. The Morgan fingerprint density at radius 3 is 2.77 bits per heavy atom. The van der Waals surface area contributed by atoms with E-state index in [9.17, 15) is 0 Å². The summed E-state index contributed by atoms with van der Waals surface area (Å²) in [5, 5.41) is 0. The van der Waals surface area contributed by atoms with Gasteiger partial charge < -0.3 is 4.57 Å². The Kier molecular flexibility index (Phi) is 3.32. The maximum absolute atomic E-state index is 3.76. The lowest BCUT2D eigenvalue weighted by atomic mass is 10.2. The summed E-state index contributed by atoms with van der Waals surface area (Å²) in [6.07, 6.45) is 7.69. The van der Waals surface area contributed by atoms with Crippen molar-refractivity contribution in [1.29, 1.82) is 0 Å². The predicted molar refractivity (Wildman–Crippen MR) is 57.6 cm³/mol. The summed E-state index contributed by atoms with van der Waals surface area (Å²) in [4.78, 5) is 0. The summed E-state index contributed by atoms with van der Waals surface area (Å²) in [5.41, 5.74) is 2.44. The number of nitrogens with zero attached hydrogens (tertiary/aromatic N) is 1. The van der Waals surface area contributed by atoms with Crippen molar-refractivity contribution in [1.82, 2.24) is 4.57 Å². The molecule has 68 valence electrons. The van der Waals surface area contributed by atoms with Crippen LogP contribution in [-0.4, -0.2) is 4.57 Å². The molecule has 0 amide bonds. The summed E-state index contributed by atoms with van der Waals surface area (Å²) < 4.78 is 2.18. The van der Waals surface area contributed by atoms with Gasteiger partial charge in [0.15, 0.2) is 0 Å². The summed E-state index contributed by atoms with van der Waals surface area (Å²) in [5.74, 6) is 0. The molecule has 1 rings (SSSR count). The lowest BCUT2D eigenvalue weighted by Gasteiger charge is -2.05. The summed E-state index contributed by atoms with van der Waals surface area (Å²) in [6, 6.07) is 4.14. The van der Waals surface area contributed by atoms with E-state index >= 15 is 0 Å². The minimum atomic E-state index is 0.869. The molecule has 0 aromatic carbocycles. The van der Waals surface area contributed by atoms with Crippen LogP contribution in [0.25, 0.3) is 0 Å². The minimum absolute atomic E-state index is 0.869. The molecule has 0 aliphatic rings. The lowest BCUT2D eigenvalue weighted by Crippen LogP contribution is -1.99. The van der Waals surface area contributed by atoms with Crippen LogP contribution >= 0.6 is 0 Å². The summed E-state index contributed by atoms with van der Waals surface area (Å²) in [6.45, 7) is 10.4. The number of aromatic nitrogens is 1. The first-order valence-corrected chi connectivity index (χ1v) is 4.33. The first-order valence-electron chi connectivity index (χ1n) is 4.33. The zero-order valence-electron chi connectivity index (χ0n) is 8.03. The van der Waals surface area contributed by atoms with Gasteiger partial charge in [0.2, 0.25) is 0 Å². The Morgan fingerprint density at radius 1 is 1.54 bits per heavy atom.